The highest BCUT2D eigenvalue weighted by Crippen LogP contribution is 2.25. The van der Waals surface area contributed by atoms with Gasteiger partial charge in [0, 0.05) is 24.0 Å². The molecular formula is C14H12ClN3. The van der Waals surface area contributed by atoms with E-state index in [0.29, 0.717) is 11.6 Å². The third-order valence-electron chi connectivity index (χ3n) is 2.99. The molecule has 0 aliphatic carbocycles. The van der Waals surface area contributed by atoms with E-state index in [4.69, 9.17) is 17.3 Å². The van der Waals surface area contributed by atoms with Gasteiger partial charge in [-0.15, -0.1) is 0 Å². The van der Waals surface area contributed by atoms with Crippen molar-refractivity contribution in [2.45, 2.75) is 6.54 Å². The Balaban J connectivity index is 2.23. The van der Waals surface area contributed by atoms with Crippen molar-refractivity contribution in [2.24, 2.45) is 5.73 Å². The van der Waals surface area contributed by atoms with Crippen molar-refractivity contribution in [3.05, 3.63) is 59.4 Å². The van der Waals surface area contributed by atoms with Crippen LogP contribution < -0.4 is 5.73 Å². The van der Waals surface area contributed by atoms with E-state index in [9.17, 15) is 0 Å². The summed E-state index contributed by atoms with van der Waals surface area (Å²) in [4.78, 5) is 4.28. The maximum Gasteiger partial charge on any atom is 0.137 e. The van der Waals surface area contributed by atoms with Gasteiger partial charge in [-0.25, -0.2) is 4.98 Å². The minimum atomic E-state index is 0.437. The summed E-state index contributed by atoms with van der Waals surface area (Å²) < 4.78 is 2.05. The quantitative estimate of drug-likeness (QED) is 0.767. The number of benzene rings is 1. The van der Waals surface area contributed by atoms with Crippen LogP contribution in [0.2, 0.25) is 5.02 Å². The summed E-state index contributed by atoms with van der Waals surface area (Å²) in [6.07, 6.45) is 3.74. The van der Waals surface area contributed by atoms with E-state index in [1.165, 1.54) is 0 Å². The SMILES string of the molecule is NCc1cc(-c2cccc3nccn23)ccc1Cl. The molecule has 0 spiro atoms. The molecule has 0 unspecified atom stereocenters. The van der Waals surface area contributed by atoms with Crippen LogP contribution in [0.3, 0.4) is 0 Å². The topological polar surface area (TPSA) is 43.3 Å². The lowest BCUT2D eigenvalue weighted by Crippen LogP contribution is -1.98. The van der Waals surface area contributed by atoms with Gasteiger partial charge in [0.25, 0.3) is 0 Å². The van der Waals surface area contributed by atoms with E-state index >= 15 is 0 Å². The van der Waals surface area contributed by atoms with E-state index in [0.717, 1.165) is 22.5 Å². The van der Waals surface area contributed by atoms with Gasteiger partial charge in [0.2, 0.25) is 0 Å². The Morgan fingerprint density at radius 3 is 2.94 bits per heavy atom. The van der Waals surface area contributed by atoms with Crippen LogP contribution in [0, 0.1) is 0 Å². The molecule has 0 saturated carbocycles. The van der Waals surface area contributed by atoms with E-state index in [1.807, 2.05) is 40.9 Å². The van der Waals surface area contributed by atoms with E-state index in [1.54, 1.807) is 6.20 Å². The Morgan fingerprint density at radius 1 is 1.22 bits per heavy atom. The number of rotatable bonds is 2. The van der Waals surface area contributed by atoms with Crippen LogP contribution in [-0.4, -0.2) is 9.38 Å². The fourth-order valence-corrected chi connectivity index (χ4v) is 2.27. The number of hydrogen-bond donors (Lipinski definition) is 1. The van der Waals surface area contributed by atoms with Gasteiger partial charge in [-0.1, -0.05) is 23.7 Å². The highest BCUT2D eigenvalue weighted by molar-refractivity contribution is 6.31. The second-order valence-electron chi connectivity index (χ2n) is 4.08. The molecule has 0 radical (unpaired) electrons. The third-order valence-corrected chi connectivity index (χ3v) is 3.36. The molecule has 2 heterocycles. The number of nitrogens with zero attached hydrogens (tertiary/aromatic N) is 2. The molecule has 90 valence electrons. The maximum absolute atomic E-state index is 6.08. The first-order valence-corrected chi connectivity index (χ1v) is 6.08. The number of fused-ring (bicyclic) bond motifs is 1. The fraction of sp³-hybridized carbons (Fsp3) is 0.0714. The number of pyridine rings is 1. The van der Waals surface area contributed by atoms with Crippen molar-refractivity contribution in [2.75, 3.05) is 0 Å². The molecule has 0 fully saturated rings. The van der Waals surface area contributed by atoms with E-state index in [2.05, 4.69) is 11.1 Å². The molecule has 3 aromatic rings. The van der Waals surface area contributed by atoms with Crippen molar-refractivity contribution >= 4 is 17.2 Å². The summed E-state index contributed by atoms with van der Waals surface area (Å²) >= 11 is 6.08. The molecule has 0 bridgehead atoms. The Labute approximate surface area is 110 Å². The Bertz CT molecular complexity index is 703. The number of aromatic nitrogens is 2. The lowest BCUT2D eigenvalue weighted by molar-refractivity contribution is 1.07. The predicted octanol–water partition coefficient (Wildman–Crippen LogP) is 3.11. The third kappa shape index (κ3) is 1.78. The van der Waals surface area contributed by atoms with Crippen LogP contribution in [0.1, 0.15) is 5.56 Å². The monoisotopic (exact) mass is 257 g/mol. The van der Waals surface area contributed by atoms with Crippen molar-refractivity contribution in [1.29, 1.82) is 0 Å². The van der Waals surface area contributed by atoms with E-state index in [-0.39, 0.29) is 0 Å². The van der Waals surface area contributed by atoms with Crippen LogP contribution in [0.15, 0.2) is 48.8 Å². The van der Waals surface area contributed by atoms with Crippen molar-refractivity contribution in [3.8, 4) is 11.3 Å². The normalized spacial score (nSPS) is 11.0. The summed E-state index contributed by atoms with van der Waals surface area (Å²) in [6, 6.07) is 11.9. The maximum atomic E-state index is 6.08. The number of imidazole rings is 1. The van der Waals surface area contributed by atoms with Gasteiger partial charge in [0.05, 0.1) is 5.69 Å². The largest absolute Gasteiger partial charge is 0.326 e. The minimum Gasteiger partial charge on any atom is -0.326 e. The molecule has 0 aliphatic rings. The van der Waals surface area contributed by atoms with Crippen molar-refractivity contribution in [3.63, 3.8) is 0 Å². The standard InChI is InChI=1S/C14H12ClN3/c15-12-5-4-10(8-11(12)9-16)13-2-1-3-14-17-6-7-18(13)14/h1-8H,9,16H2. The zero-order valence-electron chi connectivity index (χ0n) is 9.68. The lowest BCUT2D eigenvalue weighted by atomic mass is 10.1. The molecule has 3 nitrogen and oxygen atoms in total. The summed E-state index contributed by atoms with van der Waals surface area (Å²) in [5.41, 5.74) is 9.73. The molecule has 1 aromatic carbocycles. The zero-order valence-corrected chi connectivity index (χ0v) is 10.4. The van der Waals surface area contributed by atoms with Gasteiger partial charge in [0.15, 0.2) is 0 Å². The molecule has 0 saturated heterocycles. The number of halogens is 1. The van der Waals surface area contributed by atoms with Gasteiger partial charge in [-0.2, -0.15) is 0 Å². The van der Waals surface area contributed by atoms with Crippen molar-refractivity contribution < 1.29 is 0 Å². The predicted molar refractivity (Wildman–Crippen MR) is 73.5 cm³/mol. The number of nitrogens with two attached hydrogens (primary N) is 1. The average Bonchev–Trinajstić information content (AvgIpc) is 2.87. The van der Waals surface area contributed by atoms with E-state index < -0.39 is 0 Å². The highest BCUT2D eigenvalue weighted by atomic mass is 35.5. The van der Waals surface area contributed by atoms with Gasteiger partial charge >= 0.3 is 0 Å². The summed E-state index contributed by atoms with van der Waals surface area (Å²) in [5.74, 6) is 0. The minimum absolute atomic E-state index is 0.437. The molecule has 0 aliphatic heterocycles. The Morgan fingerprint density at radius 2 is 2.11 bits per heavy atom. The van der Waals surface area contributed by atoms with Gasteiger partial charge in [-0.3, -0.25) is 4.40 Å². The summed E-state index contributed by atoms with van der Waals surface area (Å²) in [6.45, 7) is 0.437. The molecular weight excluding hydrogens is 246 g/mol. The van der Waals surface area contributed by atoms with Crippen LogP contribution >= 0.6 is 11.6 Å². The molecule has 0 atom stereocenters. The molecule has 2 aromatic heterocycles. The van der Waals surface area contributed by atoms with Crippen LogP contribution in [-0.2, 0) is 6.54 Å². The van der Waals surface area contributed by atoms with Crippen LogP contribution in [0.5, 0.6) is 0 Å². The fourth-order valence-electron chi connectivity index (χ4n) is 2.07. The second kappa shape index (κ2) is 4.44. The molecule has 4 heteroatoms. The van der Waals surface area contributed by atoms with Gasteiger partial charge in [0.1, 0.15) is 5.65 Å². The van der Waals surface area contributed by atoms with Crippen LogP contribution in [0.4, 0.5) is 0 Å². The van der Waals surface area contributed by atoms with Crippen molar-refractivity contribution in [1.82, 2.24) is 9.38 Å². The first kappa shape index (κ1) is 11.3. The molecule has 2 N–H and O–H groups in total. The zero-order chi connectivity index (χ0) is 12.5. The Hall–Kier alpha value is -1.84. The summed E-state index contributed by atoms with van der Waals surface area (Å²) in [7, 11) is 0. The molecule has 18 heavy (non-hydrogen) atoms. The first-order chi connectivity index (χ1) is 8.79. The smallest absolute Gasteiger partial charge is 0.137 e. The lowest BCUT2D eigenvalue weighted by Gasteiger charge is -2.08. The first-order valence-electron chi connectivity index (χ1n) is 5.70. The number of hydrogen-bond acceptors (Lipinski definition) is 2. The van der Waals surface area contributed by atoms with Crippen LogP contribution in [0.25, 0.3) is 16.9 Å². The summed E-state index contributed by atoms with van der Waals surface area (Å²) in [5, 5.41) is 0.707. The van der Waals surface area contributed by atoms with Gasteiger partial charge < -0.3 is 5.73 Å². The average molecular weight is 258 g/mol. The molecule has 0 amide bonds. The Kier molecular flexibility index (Phi) is 2.78. The second-order valence-corrected chi connectivity index (χ2v) is 4.48. The highest BCUT2D eigenvalue weighted by Gasteiger charge is 2.06. The van der Waals surface area contributed by atoms with Gasteiger partial charge in [-0.05, 0) is 35.4 Å². The molecule has 3 rings (SSSR count).